The number of rotatable bonds is 5. The van der Waals surface area contributed by atoms with Crippen molar-refractivity contribution in [2.75, 3.05) is 16.4 Å². The molecule has 0 unspecified atom stereocenters. The molecule has 7 heteroatoms. The quantitative estimate of drug-likeness (QED) is 0.560. The fourth-order valence-corrected chi connectivity index (χ4v) is 5.71. The second-order valence-electron chi connectivity index (χ2n) is 7.43. The summed E-state index contributed by atoms with van der Waals surface area (Å²) in [5, 5.41) is 9.46. The van der Waals surface area contributed by atoms with Gasteiger partial charge in [-0.05, 0) is 30.5 Å². The number of benzene rings is 2. The van der Waals surface area contributed by atoms with Crippen LogP contribution in [-0.4, -0.2) is 32.2 Å². The van der Waals surface area contributed by atoms with Crippen LogP contribution < -0.4 is 4.90 Å². The van der Waals surface area contributed by atoms with Crippen LogP contribution in [-0.2, 0) is 11.8 Å². The maximum absolute atomic E-state index is 13.4. The standard InChI is InChI=1S/C22H22N4OS2/c1-25-21(16-11-12-16)23-24-22(25)29-14-20(27)26-17-9-5-6-10-19(17)28-13-18(26)15-7-3-2-4-8-15/h2-10,16,18H,11-14H2,1H3/t18-/m0/s1. The van der Waals surface area contributed by atoms with Gasteiger partial charge in [0.05, 0.1) is 17.5 Å². The minimum absolute atomic E-state index is 0.0331. The van der Waals surface area contributed by atoms with E-state index in [-0.39, 0.29) is 11.9 Å². The molecule has 1 amide bonds. The molecule has 0 radical (unpaired) electrons. The minimum atomic E-state index is 0.0331. The summed E-state index contributed by atoms with van der Waals surface area (Å²) in [6.45, 7) is 0. The Labute approximate surface area is 178 Å². The second kappa shape index (κ2) is 7.88. The lowest BCUT2D eigenvalue weighted by molar-refractivity contribution is -0.116. The molecule has 0 bridgehead atoms. The van der Waals surface area contributed by atoms with Crippen LogP contribution in [0.4, 0.5) is 5.69 Å². The first kappa shape index (κ1) is 18.8. The lowest BCUT2D eigenvalue weighted by Crippen LogP contribution is -2.39. The van der Waals surface area contributed by atoms with Crippen LogP contribution in [0, 0.1) is 0 Å². The van der Waals surface area contributed by atoms with Crippen LogP contribution in [0.5, 0.6) is 0 Å². The highest BCUT2D eigenvalue weighted by atomic mass is 32.2. The van der Waals surface area contributed by atoms with Crippen LogP contribution in [0.1, 0.15) is 36.2 Å². The highest BCUT2D eigenvalue weighted by Crippen LogP contribution is 2.43. The summed E-state index contributed by atoms with van der Waals surface area (Å²) in [5.74, 6) is 2.90. The molecule has 0 N–H and O–H groups in total. The number of aromatic nitrogens is 3. The number of nitrogens with zero attached hydrogens (tertiary/aromatic N) is 4. The van der Waals surface area contributed by atoms with Gasteiger partial charge in [-0.3, -0.25) is 4.79 Å². The first-order valence-corrected chi connectivity index (χ1v) is 11.8. The van der Waals surface area contributed by atoms with Gasteiger partial charge in [-0.25, -0.2) is 0 Å². The van der Waals surface area contributed by atoms with E-state index in [0.717, 1.165) is 27.3 Å². The van der Waals surface area contributed by atoms with E-state index in [1.54, 1.807) is 0 Å². The number of fused-ring (bicyclic) bond motifs is 1. The van der Waals surface area contributed by atoms with Crippen LogP contribution in [0.25, 0.3) is 0 Å². The fraction of sp³-hybridized carbons (Fsp3) is 0.318. The summed E-state index contributed by atoms with van der Waals surface area (Å²) < 4.78 is 2.05. The summed E-state index contributed by atoms with van der Waals surface area (Å²) in [5.41, 5.74) is 2.17. The predicted octanol–water partition coefficient (Wildman–Crippen LogP) is 4.66. The summed E-state index contributed by atoms with van der Waals surface area (Å²) in [6.07, 6.45) is 2.38. The Morgan fingerprint density at radius 2 is 1.86 bits per heavy atom. The van der Waals surface area contributed by atoms with Gasteiger partial charge in [-0.1, -0.05) is 54.2 Å². The molecule has 1 saturated carbocycles. The van der Waals surface area contributed by atoms with Gasteiger partial charge in [0, 0.05) is 23.6 Å². The number of amides is 1. The van der Waals surface area contributed by atoms with E-state index < -0.39 is 0 Å². The molecule has 29 heavy (non-hydrogen) atoms. The Balaban J connectivity index is 1.40. The summed E-state index contributed by atoms with van der Waals surface area (Å²) in [6, 6.07) is 18.5. The third-order valence-corrected chi connectivity index (χ3v) is 7.57. The predicted molar refractivity (Wildman–Crippen MR) is 118 cm³/mol. The van der Waals surface area contributed by atoms with Gasteiger partial charge in [-0.2, -0.15) is 0 Å². The molecule has 1 fully saturated rings. The van der Waals surface area contributed by atoms with Gasteiger partial charge < -0.3 is 9.47 Å². The molecule has 0 spiro atoms. The van der Waals surface area contributed by atoms with E-state index in [9.17, 15) is 4.79 Å². The van der Waals surface area contributed by atoms with Gasteiger partial charge in [-0.15, -0.1) is 22.0 Å². The second-order valence-corrected chi connectivity index (χ2v) is 9.44. The zero-order valence-electron chi connectivity index (χ0n) is 16.2. The molecule has 1 aromatic heterocycles. The number of para-hydroxylation sites is 1. The lowest BCUT2D eigenvalue weighted by atomic mass is 10.1. The Bertz CT molecular complexity index is 1030. The van der Waals surface area contributed by atoms with Crippen molar-refractivity contribution < 1.29 is 4.79 Å². The Morgan fingerprint density at radius 3 is 2.66 bits per heavy atom. The molecule has 3 aromatic rings. The van der Waals surface area contributed by atoms with E-state index in [1.165, 1.54) is 30.2 Å². The Morgan fingerprint density at radius 1 is 1.10 bits per heavy atom. The fourth-order valence-electron chi connectivity index (χ4n) is 3.76. The van der Waals surface area contributed by atoms with Gasteiger partial charge in [0.25, 0.3) is 0 Å². The molecule has 5 nitrogen and oxygen atoms in total. The summed E-state index contributed by atoms with van der Waals surface area (Å²) >= 11 is 3.29. The number of hydrogen-bond acceptors (Lipinski definition) is 5. The summed E-state index contributed by atoms with van der Waals surface area (Å²) in [4.78, 5) is 16.6. The Hall–Kier alpha value is -2.25. The normalized spacial score (nSPS) is 18.5. The minimum Gasteiger partial charge on any atom is -0.309 e. The number of anilines is 1. The molecule has 2 heterocycles. The maximum Gasteiger partial charge on any atom is 0.238 e. The van der Waals surface area contributed by atoms with Crippen molar-refractivity contribution in [3.8, 4) is 0 Å². The first-order chi connectivity index (χ1) is 14.2. The van der Waals surface area contributed by atoms with E-state index in [0.29, 0.717) is 11.7 Å². The molecule has 0 saturated heterocycles. The van der Waals surface area contributed by atoms with E-state index in [4.69, 9.17) is 0 Å². The van der Waals surface area contributed by atoms with Crippen molar-refractivity contribution in [3.05, 3.63) is 66.0 Å². The number of carbonyl (C=O) groups is 1. The van der Waals surface area contributed by atoms with Crippen molar-refractivity contribution >= 4 is 35.1 Å². The average Bonchev–Trinajstić information content (AvgIpc) is 3.54. The molecule has 5 rings (SSSR count). The average molecular weight is 423 g/mol. The van der Waals surface area contributed by atoms with Gasteiger partial charge in [0.15, 0.2) is 5.16 Å². The zero-order chi connectivity index (χ0) is 19.8. The van der Waals surface area contributed by atoms with Gasteiger partial charge >= 0.3 is 0 Å². The first-order valence-electron chi connectivity index (χ1n) is 9.83. The van der Waals surface area contributed by atoms with Gasteiger partial charge in [0.2, 0.25) is 5.91 Å². The van der Waals surface area contributed by atoms with E-state index >= 15 is 0 Å². The molecule has 1 aliphatic carbocycles. The SMILES string of the molecule is Cn1c(SCC(=O)N2c3ccccc3SC[C@H]2c2ccccc2)nnc1C1CC1. The van der Waals surface area contributed by atoms with Crippen LogP contribution >= 0.6 is 23.5 Å². The molecule has 148 valence electrons. The van der Waals surface area contributed by atoms with E-state index in [2.05, 4.69) is 28.4 Å². The zero-order valence-corrected chi connectivity index (χ0v) is 17.8. The van der Waals surface area contributed by atoms with Crippen molar-refractivity contribution in [2.24, 2.45) is 7.05 Å². The van der Waals surface area contributed by atoms with Crippen molar-refractivity contribution in [1.82, 2.24) is 14.8 Å². The van der Waals surface area contributed by atoms with Crippen molar-refractivity contribution in [3.63, 3.8) is 0 Å². The van der Waals surface area contributed by atoms with Crippen molar-refractivity contribution in [2.45, 2.75) is 34.9 Å². The third-order valence-electron chi connectivity index (χ3n) is 5.42. The monoisotopic (exact) mass is 422 g/mol. The molecule has 1 atom stereocenters. The van der Waals surface area contributed by atoms with Crippen molar-refractivity contribution in [1.29, 1.82) is 0 Å². The molecular weight excluding hydrogens is 400 g/mol. The number of carbonyl (C=O) groups excluding carboxylic acids is 1. The molecular formula is C22H22N4OS2. The molecule has 2 aromatic carbocycles. The highest BCUT2D eigenvalue weighted by Gasteiger charge is 2.33. The topological polar surface area (TPSA) is 51.0 Å². The lowest BCUT2D eigenvalue weighted by Gasteiger charge is -2.37. The van der Waals surface area contributed by atoms with Gasteiger partial charge in [0.1, 0.15) is 5.82 Å². The summed E-state index contributed by atoms with van der Waals surface area (Å²) in [7, 11) is 2.00. The largest absolute Gasteiger partial charge is 0.309 e. The smallest absolute Gasteiger partial charge is 0.238 e. The highest BCUT2D eigenvalue weighted by molar-refractivity contribution is 8.00. The molecule has 1 aliphatic heterocycles. The maximum atomic E-state index is 13.4. The van der Waals surface area contributed by atoms with Crippen LogP contribution in [0.3, 0.4) is 0 Å². The van der Waals surface area contributed by atoms with Crippen LogP contribution in [0.15, 0.2) is 64.6 Å². The van der Waals surface area contributed by atoms with Crippen LogP contribution in [0.2, 0.25) is 0 Å². The van der Waals surface area contributed by atoms with E-state index in [1.807, 2.05) is 64.7 Å². The molecule has 2 aliphatic rings. The number of thioether (sulfide) groups is 2. The Kier molecular flexibility index (Phi) is 5.09. The third kappa shape index (κ3) is 3.69. The number of hydrogen-bond donors (Lipinski definition) is 0.